The summed E-state index contributed by atoms with van der Waals surface area (Å²) in [5.41, 5.74) is -0.588. The summed E-state index contributed by atoms with van der Waals surface area (Å²) in [5, 5.41) is 4.23. The summed E-state index contributed by atoms with van der Waals surface area (Å²) in [5.74, 6) is -1.09. The van der Waals surface area contributed by atoms with Crippen LogP contribution in [-0.4, -0.2) is 17.8 Å². The number of urea groups is 1. The molecule has 1 aliphatic rings. The summed E-state index contributed by atoms with van der Waals surface area (Å²) in [6.07, 6.45) is 2.03. The SMILES string of the molecule is C/C=C(\C)C1(CC)C(=O)NC(=O)NC1=O.[Na+]. The Bertz CT molecular complexity index is 343. The second kappa shape index (κ2) is 5.61. The zero-order valence-electron chi connectivity index (χ0n) is 10.0. The van der Waals surface area contributed by atoms with Gasteiger partial charge in [0.05, 0.1) is 0 Å². The first-order valence-electron chi connectivity index (χ1n) is 4.79. The number of barbiturate groups is 1. The average molecular weight is 233 g/mol. The van der Waals surface area contributed by atoms with Gasteiger partial charge in [0.25, 0.3) is 0 Å². The first-order chi connectivity index (χ1) is 6.98. The maximum absolute atomic E-state index is 11.7. The molecule has 0 saturated carbocycles. The number of rotatable bonds is 2. The van der Waals surface area contributed by atoms with E-state index in [1.54, 1.807) is 26.8 Å². The molecule has 0 spiro atoms. The molecule has 0 aromatic heterocycles. The van der Waals surface area contributed by atoms with Crippen LogP contribution in [0.3, 0.4) is 0 Å². The molecule has 82 valence electrons. The first kappa shape index (κ1) is 15.3. The summed E-state index contributed by atoms with van der Waals surface area (Å²) in [6.45, 7) is 5.20. The number of carbonyl (C=O) groups excluding carboxylic acids is 3. The van der Waals surface area contributed by atoms with Gasteiger partial charge in [-0.3, -0.25) is 20.2 Å². The van der Waals surface area contributed by atoms with Crippen LogP contribution >= 0.6 is 0 Å². The van der Waals surface area contributed by atoms with Gasteiger partial charge in [-0.2, -0.15) is 0 Å². The Balaban J connectivity index is 0.00000225. The van der Waals surface area contributed by atoms with Crippen molar-refractivity contribution in [2.45, 2.75) is 27.2 Å². The molecule has 0 aromatic rings. The van der Waals surface area contributed by atoms with E-state index in [2.05, 4.69) is 10.6 Å². The predicted octanol–water partition coefficient (Wildman–Crippen LogP) is -2.28. The zero-order valence-corrected chi connectivity index (χ0v) is 12.0. The summed E-state index contributed by atoms with van der Waals surface area (Å²) < 4.78 is 0. The van der Waals surface area contributed by atoms with Crippen LogP contribution in [0.4, 0.5) is 4.79 Å². The van der Waals surface area contributed by atoms with Gasteiger partial charge in [0.1, 0.15) is 5.41 Å². The molecule has 0 bridgehead atoms. The van der Waals surface area contributed by atoms with Crippen molar-refractivity contribution < 1.29 is 43.9 Å². The number of nitrogens with one attached hydrogen (secondary N) is 2. The Morgan fingerprint density at radius 3 is 2.00 bits per heavy atom. The maximum Gasteiger partial charge on any atom is 1.00 e. The number of amides is 4. The van der Waals surface area contributed by atoms with Crippen molar-refractivity contribution in [2.75, 3.05) is 0 Å². The molecule has 0 atom stereocenters. The van der Waals surface area contributed by atoms with Crippen molar-refractivity contribution >= 4 is 17.8 Å². The van der Waals surface area contributed by atoms with E-state index in [0.29, 0.717) is 12.0 Å². The van der Waals surface area contributed by atoms with E-state index in [1.165, 1.54) is 0 Å². The van der Waals surface area contributed by atoms with Crippen molar-refractivity contribution in [2.24, 2.45) is 5.41 Å². The Kier molecular flexibility index (Phi) is 5.38. The fourth-order valence-electron chi connectivity index (χ4n) is 1.76. The fourth-order valence-corrected chi connectivity index (χ4v) is 1.76. The van der Waals surface area contributed by atoms with Crippen molar-refractivity contribution in [1.29, 1.82) is 0 Å². The minimum Gasteiger partial charge on any atom is -0.277 e. The van der Waals surface area contributed by atoms with Gasteiger partial charge in [0.2, 0.25) is 11.8 Å². The van der Waals surface area contributed by atoms with Gasteiger partial charge in [-0.15, -0.1) is 0 Å². The van der Waals surface area contributed by atoms with Crippen LogP contribution in [0.5, 0.6) is 0 Å². The summed E-state index contributed by atoms with van der Waals surface area (Å²) in [4.78, 5) is 34.4. The molecule has 4 amide bonds. The molecule has 0 unspecified atom stereocenters. The van der Waals surface area contributed by atoms with Gasteiger partial charge in [-0.05, 0) is 20.3 Å². The van der Waals surface area contributed by atoms with Gasteiger partial charge in [0.15, 0.2) is 0 Å². The monoisotopic (exact) mass is 233 g/mol. The Morgan fingerprint density at radius 1 is 1.25 bits per heavy atom. The number of hydrogen-bond acceptors (Lipinski definition) is 3. The second-order valence-electron chi connectivity index (χ2n) is 3.47. The van der Waals surface area contributed by atoms with Crippen LogP contribution < -0.4 is 40.2 Å². The van der Waals surface area contributed by atoms with E-state index in [9.17, 15) is 14.4 Å². The minimum atomic E-state index is -1.23. The van der Waals surface area contributed by atoms with Gasteiger partial charge in [0, 0.05) is 0 Å². The summed E-state index contributed by atoms with van der Waals surface area (Å²) >= 11 is 0. The molecule has 6 heteroatoms. The quantitative estimate of drug-likeness (QED) is 0.320. The van der Waals surface area contributed by atoms with Crippen LogP contribution in [0.2, 0.25) is 0 Å². The third-order valence-electron chi connectivity index (χ3n) is 2.87. The van der Waals surface area contributed by atoms with E-state index >= 15 is 0 Å². The van der Waals surface area contributed by atoms with E-state index in [-0.39, 0.29) is 29.6 Å². The minimum absolute atomic E-state index is 0. The molecule has 5 nitrogen and oxygen atoms in total. The molecule has 16 heavy (non-hydrogen) atoms. The number of allylic oxidation sites excluding steroid dienone is 1. The Hall–Kier alpha value is -0.650. The van der Waals surface area contributed by atoms with Crippen molar-refractivity contribution in [1.82, 2.24) is 10.6 Å². The third kappa shape index (κ3) is 2.21. The zero-order chi connectivity index (χ0) is 11.6. The molecule has 1 aliphatic heterocycles. The summed E-state index contributed by atoms with van der Waals surface area (Å²) in [7, 11) is 0. The van der Waals surface area contributed by atoms with Crippen LogP contribution in [0, 0.1) is 5.41 Å². The Labute approximate surface area is 116 Å². The molecular weight excluding hydrogens is 219 g/mol. The molecule has 1 saturated heterocycles. The van der Waals surface area contributed by atoms with Gasteiger partial charge >= 0.3 is 35.6 Å². The molecular formula is C10H14N2NaO3+. The van der Waals surface area contributed by atoms with E-state index in [0.717, 1.165) is 0 Å². The predicted molar refractivity (Wildman–Crippen MR) is 53.8 cm³/mol. The maximum atomic E-state index is 11.7. The van der Waals surface area contributed by atoms with Crippen molar-refractivity contribution in [3.05, 3.63) is 11.6 Å². The normalized spacial score (nSPS) is 19.7. The van der Waals surface area contributed by atoms with E-state index in [1.807, 2.05) is 0 Å². The van der Waals surface area contributed by atoms with Crippen LogP contribution in [0.1, 0.15) is 27.2 Å². The molecule has 2 N–H and O–H groups in total. The van der Waals surface area contributed by atoms with E-state index in [4.69, 9.17) is 0 Å². The van der Waals surface area contributed by atoms with Crippen molar-refractivity contribution in [3.8, 4) is 0 Å². The number of carbonyl (C=O) groups is 3. The van der Waals surface area contributed by atoms with Crippen molar-refractivity contribution in [3.63, 3.8) is 0 Å². The number of hydrogen-bond donors (Lipinski definition) is 2. The average Bonchev–Trinajstić information content (AvgIpc) is 2.17. The Morgan fingerprint density at radius 2 is 1.69 bits per heavy atom. The molecule has 1 heterocycles. The first-order valence-corrected chi connectivity index (χ1v) is 4.79. The van der Waals surface area contributed by atoms with Gasteiger partial charge in [-0.1, -0.05) is 18.6 Å². The molecule has 0 aliphatic carbocycles. The molecule has 0 radical (unpaired) electrons. The number of imide groups is 2. The second-order valence-corrected chi connectivity index (χ2v) is 3.47. The molecule has 1 fully saturated rings. The summed E-state index contributed by atoms with van der Waals surface area (Å²) in [6, 6.07) is -0.752. The van der Waals surface area contributed by atoms with Gasteiger partial charge in [-0.25, -0.2) is 4.79 Å². The molecule has 0 aromatic carbocycles. The van der Waals surface area contributed by atoms with Crippen LogP contribution in [0.25, 0.3) is 0 Å². The van der Waals surface area contributed by atoms with Crippen LogP contribution in [-0.2, 0) is 9.59 Å². The van der Waals surface area contributed by atoms with Gasteiger partial charge < -0.3 is 0 Å². The largest absolute Gasteiger partial charge is 1.00 e. The standard InChI is InChI=1S/C10H14N2O3.Na/c1-4-6(3)10(5-2)7(13)11-9(15)12-8(10)14;/h4H,5H2,1-3H3,(H2,11,12,13,14,15);/q;+1/b6-4+;. The van der Waals surface area contributed by atoms with Crippen LogP contribution in [0.15, 0.2) is 11.6 Å². The topological polar surface area (TPSA) is 75.3 Å². The fraction of sp³-hybridized carbons (Fsp3) is 0.500. The molecule has 1 rings (SSSR count). The smallest absolute Gasteiger partial charge is 0.277 e. The third-order valence-corrected chi connectivity index (χ3v) is 2.87. The van der Waals surface area contributed by atoms with E-state index < -0.39 is 23.3 Å².